The van der Waals surface area contributed by atoms with Gasteiger partial charge in [0, 0.05) is 50.1 Å². The minimum atomic E-state index is -0.111. The molecule has 0 aliphatic carbocycles. The lowest BCUT2D eigenvalue weighted by Gasteiger charge is -2.37. The van der Waals surface area contributed by atoms with Crippen molar-refractivity contribution in [2.75, 3.05) is 43.9 Å². The number of carbonyl (C=O) groups excluding carboxylic acids is 1. The molecule has 148 valence electrons. The molecule has 0 saturated carbocycles. The zero-order valence-electron chi connectivity index (χ0n) is 16.1. The van der Waals surface area contributed by atoms with Crippen LogP contribution >= 0.6 is 11.8 Å². The molecule has 28 heavy (non-hydrogen) atoms. The normalized spacial score (nSPS) is 18.9. The van der Waals surface area contributed by atoms with Crippen molar-refractivity contribution in [1.29, 1.82) is 0 Å². The Labute approximate surface area is 168 Å². The second kappa shape index (κ2) is 7.87. The molecule has 2 aromatic rings. The summed E-state index contributed by atoms with van der Waals surface area (Å²) in [5.41, 5.74) is 1.65. The first kappa shape index (κ1) is 18.9. The fourth-order valence-corrected chi connectivity index (χ4v) is 4.90. The minimum Gasteiger partial charge on any atom is -0.495 e. The van der Waals surface area contributed by atoms with E-state index in [-0.39, 0.29) is 17.5 Å². The predicted molar refractivity (Wildman–Crippen MR) is 109 cm³/mol. The number of fused-ring (bicyclic) bond motifs is 1. The highest BCUT2D eigenvalue weighted by atomic mass is 32.2. The summed E-state index contributed by atoms with van der Waals surface area (Å²) in [7, 11) is 1.68. The Morgan fingerprint density at radius 3 is 2.75 bits per heavy atom. The molecule has 0 radical (unpaired) electrons. The number of hydrogen-bond acceptors (Lipinski definition) is 6. The fraction of sp³-hybridized carbons (Fsp3) is 0.450. The molecule has 2 aliphatic heterocycles. The molecule has 1 fully saturated rings. The molecule has 7 nitrogen and oxygen atoms in total. The van der Waals surface area contributed by atoms with E-state index in [4.69, 9.17) is 4.74 Å². The zero-order valence-corrected chi connectivity index (χ0v) is 16.9. The third-order valence-corrected chi connectivity index (χ3v) is 6.48. The number of ether oxygens (including phenoxy) is 1. The number of amides is 1. The molecule has 1 saturated heterocycles. The maximum absolute atomic E-state index is 12.9. The first-order valence-electron chi connectivity index (χ1n) is 9.45. The van der Waals surface area contributed by atoms with Gasteiger partial charge in [-0.2, -0.15) is 0 Å². The van der Waals surface area contributed by atoms with Crippen molar-refractivity contribution in [3.63, 3.8) is 0 Å². The highest BCUT2D eigenvalue weighted by Gasteiger charge is 2.30. The van der Waals surface area contributed by atoms with Crippen molar-refractivity contribution in [2.45, 2.75) is 24.5 Å². The summed E-state index contributed by atoms with van der Waals surface area (Å²) in [4.78, 5) is 33.8. The highest BCUT2D eigenvalue weighted by Crippen LogP contribution is 2.33. The molecule has 3 heterocycles. The van der Waals surface area contributed by atoms with E-state index in [0.717, 1.165) is 35.4 Å². The van der Waals surface area contributed by atoms with Gasteiger partial charge in [0.15, 0.2) is 5.16 Å². The molecule has 1 aromatic heterocycles. The smallest absolute Gasteiger partial charge is 0.257 e. The molecular formula is C20H24N4O3S. The fourth-order valence-electron chi connectivity index (χ4n) is 3.79. The second-order valence-electron chi connectivity index (χ2n) is 7.11. The number of para-hydroxylation sites is 2. The third-order valence-electron chi connectivity index (χ3n) is 5.37. The minimum absolute atomic E-state index is 0.0335. The quantitative estimate of drug-likeness (QED) is 0.731. The van der Waals surface area contributed by atoms with Gasteiger partial charge in [0.25, 0.3) is 5.56 Å². The van der Waals surface area contributed by atoms with Crippen LogP contribution in [0, 0.1) is 6.92 Å². The van der Waals surface area contributed by atoms with E-state index in [1.807, 2.05) is 29.2 Å². The van der Waals surface area contributed by atoms with Crippen LogP contribution in [0.2, 0.25) is 0 Å². The van der Waals surface area contributed by atoms with Crippen LogP contribution in [0.5, 0.6) is 5.75 Å². The molecule has 0 bridgehead atoms. The topological polar surface area (TPSA) is 67.7 Å². The summed E-state index contributed by atoms with van der Waals surface area (Å²) in [5.74, 6) is 1.68. The largest absolute Gasteiger partial charge is 0.495 e. The van der Waals surface area contributed by atoms with Crippen molar-refractivity contribution in [2.24, 2.45) is 0 Å². The number of methoxy groups -OCH3 is 1. The summed E-state index contributed by atoms with van der Waals surface area (Å²) >= 11 is 1.55. The summed E-state index contributed by atoms with van der Waals surface area (Å²) < 4.78 is 7.15. The Morgan fingerprint density at radius 1 is 1.25 bits per heavy atom. The van der Waals surface area contributed by atoms with Crippen LogP contribution in [0.15, 0.2) is 40.4 Å². The Kier molecular flexibility index (Phi) is 5.30. The van der Waals surface area contributed by atoms with Gasteiger partial charge in [0.1, 0.15) is 5.75 Å². The van der Waals surface area contributed by atoms with Crippen LogP contribution in [0.3, 0.4) is 0 Å². The average molecular weight is 401 g/mol. The Balaban J connectivity index is 1.40. The molecule has 4 rings (SSSR count). The van der Waals surface area contributed by atoms with E-state index in [1.54, 1.807) is 36.6 Å². The summed E-state index contributed by atoms with van der Waals surface area (Å²) in [6.45, 7) is 4.64. The maximum Gasteiger partial charge on any atom is 0.257 e. The molecule has 1 amide bonds. The molecule has 2 aliphatic rings. The summed E-state index contributed by atoms with van der Waals surface area (Å²) in [5, 5.41) is 0.717. The van der Waals surface area contributed by atoms with Crippen LogP contribution in [0.4, 0.5) is 5.69 Å². The second-order valence-corrected chi connectivity index (χ2v) is 8.09. The number of rotatable bonds is 4. The lowest BCUT2D eigenvalue weighted by Crippen LogP contribution is -2.49. The predicted octanol–water partition coefficient (Wildman–Crippen LogP) is 1.95. The van der Waals surface area contributed by atoms with Crippen LogP contribution in [-0.2, 0) is 4.79 Å². The van der Waals surface area contributed by atoms with Crippen molar-refractivity contribution in [1.82, 2.24) is 14.5 Å². The molecular weight excluding hydrogens is 376 g/mol. The Hall–Kier alpha value is -2.48. The first-order chi connectivity index (χ1) is 13.6. The van der Waals surface area contributed by atoms with E-state index in [1.165, 1.54) is 0 Å². The van der Waals surface area contributed by atoms with Gasteiger partial charge in [-0.3, -0.25) is 14.2 Å². The number of thioether (sulfide) groups is 1. The number of anilines is 1. The van der Waals surface area contributed by atoms with E-state index in [2.05, 4.69) is 9.88 Å². The van der Waals surface area contributed by atoms with E-state index in [0.29, 0.717) is 25.1 Å². The number of hydrogen-bond donors (Lipinski definition) is 0. The van der Waals surface area contributed by atoms with Crippen molar-refractivity contribution < 1.29 is 9.53 Å². The molecule has 8 heteroatoms. The van der Waals surface area contributed by atoms with Crippen molar-refractivity contribution >= 4 is 23.4 Å². The molecule has 0 unspecified atom stereocenters. The summed E-state index contributed by atoms with van der Waals surface area (Å²) in [6.07, 6.45) is 1.96. The van der Waals surface area contributed by atoms with Gasteiger partial charge in [-0.25, -0.2) is 4.98 Å². The first-order valence-corrected chi connectivity index (χ1v) is 10.4. The lowest BCUT2D eigenvalue weighted by atomic mass is 10.1. The summed E-state index contributed by atoms with van der Waals surface area (Å²) in [6, 6.07) is 7.84. The standard InChI is InChI=1S/C20H24N4O3S/c1-14-12-21-20-24(19(14)26)15(13-28-20)11-18(25)23-9-7-22(8-10-23)16-5-3-4-6-17(16)27-2/h3-6,12,15H,7-11,13H2,1-2H3/t15-/m0/s1. The van der Waals surface area contributed by atoms with Crippen LogP contribution in [-0.4, -0.2) is 59.4 Å². The van der Waals surface area contributed by atoms with E-state index >= 15 is 0 Å². The van der Waals surface area contributed by atoms with Crippen molar-refractivity contribution in [3.05, 3.63) is 46.4 Å². The van der Waals surface area contributed by atoms with Gasteiger partial charge >= 0.3 is 0 Å². The van der Waals surface area contributed by atoms with E-state index in [9.17, 15) is 9.59 Å². The van der Waals surface area contributed by atoms with Gasteiger partial charge in [0.05, 0.1) is 18.8 Å². The number of aryl methyl sites for hydroxylation is 1. The van der Waals surface area contributed by atoms with Crippen molar-refractivity contribution in [3.8, 4) is 5.75 Å². The maximum atomic E-state index is 12.9. The highest BCUT2D eigenvalue weighted by molar-refractivity contribution is 7.99. The third kappa shape index (κ3) is 3.48. The number of piperazine rings is 1. The molecule has 1 atom stereocenters. The molecule has 0 N–H and O–H groups in total. The van der Waals surface area contributed by atoms with Crippen LogP contribution < -0.4 is 15.2 Å². The zero-order chi connectivity index (χ0) is 19.7. The van der Waals surface area contributed by atoms with Gasteiger partial charge < -0.3 is 14.5 Å². The average Bonchev–Trinajstić information content (AvgIpc) is 3.14. The number of nitrogens with zero attached hydrogens (tertiary/aromatic N) is 4. The Morgan fingerprint density at radius 2 is 2.00 bits per heavy atom. The number of benzene rings is 1. The SMILES string of the molecule is COc1ccccc1N1CCN(C(=O)C[C@H]2CSc3ncc(C)c(=O)n32)CC1. The van der Waals surface area contributed by atoms with Gasteiger partial charge in [0.2, 0.25) is 5.91 Å². The van der Waals surface area contributed by atoms with Gasteiger partial charge in [-0.1, -0.05) is 23.9 Å². The van der Waals surface area contributed by atoms with Gasteiger partial charge in [-0.05, 0) is 19.1 Å². The lowest BCUT2D eigenvalue weighted by molar-refractivity contribution is -0.132. The molecule has 0 spiro atoms. The molecule has 1 aromatic carbocycles. The van der Waals surface area contributed by atoms with Crippen LogP contribution in [0.25, 0.3) is 0 Å². The van der Waals surface area contributed by atoms with E-state index < -0.39 is 0 Å². The Bertz CT molecular complexity index is 937. The monoisotopic (exact) mass is 400 g/mol. The number of aromatic nitrogens is 2. The van der Waals surface area contributed by atoms with Crippen LogP contribution in [0.1, 0.15) is 18.0 Å². The van der Waals surface area contributed by atoms with Gasteiger partial charge in [-0.15, -0.1) is 0 Å². The number of carbonyl (C=O) groups is 1.